The van der Waals surface area contributed by atoms with Gasteiger partial charge in [0.25, 0.3) is 0 Å². The lowest BCUT2D eigenvalue weighted by Gasteiger charge is -2.07. The Morgan fingerprint density at radius 2 is 2.45 bits per heavy atom. The average Bonchev–Trinajstić information content (AvgIpc) is 2.35. The van der Waals surface area contributed by atoms with Crippen LogP contribution in [0.4, 0.5) is 0 Å². The van der Waals surface area contributed by atoms with Crippen molar-refractivity contribution in [2.75, 3.05) is 6.54 Å². The van der Waals surface area contributed by atoms with E-state index < -0.39 is 0 Å². The molecule has 0 aromatic rings. The molecule has 1 aliphatic heterocycles. The molecule has 11 heavy (non-hydrogen) atoms. The van der Waals surface area contributed by atoms with E-state index in [2.05, 4.69) is 10.3 Å². The Balaban J connectivity index is 2.51. The first kappa shape index (κ1) is 8.62. The van der Waals surface area contributed by atoms with E-state index in [0.29, 0.717) is 10.8 Å². The number of amidine groups is 1. The molecule has 0 aromatic heterocycles. The molecule has 0 aromatic carbocycles. The summed E-state index contributed by atoms with van der Waals surface area (Å²) in [6, 6.07) is 0.257. The Morgan fingerprint density at radius 3 is 2.91 bits per heavy atom. The topological polar surface area (TPSA) is 50.4 Å². The minimum atomic E-state index is 0.257. The number of nitrogens with zero attached hydrogens (tertiary/aromatic N) is 1. The van der Waals surface area contributed by atoms with Crippen molar-refractivity contribution in [1.82, 2.24) is 5.32 Å². The molecule has 0 amide bonds. The Bertz CT molecular complexity index is 182. The van der Waals surface area contributed by atoms with Crippen LogP contribution in [-0.4, -0.2) is 23.4 Å². The fourth-order valence-electron chi connectivity index (χ4n) is 1.20. The van der Waals surface area contributed by atoms with Gasteiger partial charge < -0.3 is 11.1 Å². The van der Waals surface area contributed by atoms with Gasteiger partial charge in [0.2, 0.25) is 0 Å². The van der Waals surface area contributed by atoms with Gasteiger partial charge in [0.15, 0.2) is 0 Å². The number of aliphatic imine (C=N–C) groups is 1. The molecule has 3 nitrogen and oxygen atoms in total. The Kier molecular flexibility index (Phi) is 2.96. The molecule has 0 unspecified atom stereocenters. The molecular weight excluding hydrogens is 158 g/mol. The summed E-state index contributed by atoms with van der Waals surface area (Å²) in [4.78, 5) is 4.63. The molecular formula is C7H13N3S. The molecule has 0 radical (unpaired) electrons. The SMILES string of the molecule is CC(=S)N=C(N)[C@@H]1CCCN1. The summed E-state index contributed by atoms with van der Waals surface area (Å²) in [6.07, 6.45) is 2.26. The van der Waals surface area contributed by atoms with Crippen molar-refractivity contribution >= 4 is 23.0 Å². The molecule has 0 aliphatic carbocycles. The van der Waals surface area contributed by atoms with Gasteiger partial charge in [-0.2, -0.15) is 0 Å². The maximum Gasteiger partial charge on any atom is 0.117 e. The van der Waals surface area contributed by atoms with Gasteiger partial charge in [-0.3, -0.25) is 0 Å². The van der Waals surface area contributed by atoms with Gasteiger partial charge >= 0.3 is 0 Å². The third-order valence-corrected chi connectivity index (χ3v) is 1.80. The van der Waals surface area contributed by atoms with Crippen LogP contribution in [-0.2, 0) is 0 Å². The average molecular weight is 171 g/mol. The monoisotopic (exact) mass is 171 g/mol. The summed E-state index contributed by atoms with van der Waals surface area (Å²) in [5.74, 6) is 0.634. The van der Waals surface area contributed by atoms with E-state index in [-0.39, 0.29) is 6.04 Å². The van der Waals surface area contributed by atoms with Crippen LogP contribution >= 0.6 is 12.2 Å². The number of hydrogen-bond donors (Lipinski definition) is 2. The summed E-state index contributed by atoms with van der Waals surface area (Å²) in [5.41, 5.74) is 5.68. The van der Waals surface area contributed by atoms with E-state index >= 15 is 0 Å². The van der Waals surface area contributed by atoms with E-state index in [4.69, 9.17) is 18.0 Å². The standard InChI is InChI=1S/C7H13N3S/c1-5(11)10-7(8)6-3-2-4-9-6/h6,9H,2-4H2,1H3,(H2,8,10,11)/t6-/m0/s1. The Morgan fingerprint density at radius 1 is 1.73 bits per heavy atom. The van der Waals surface area contributed by atoms with E-state index in [1.807, 2.05) is 0 Å². The number of nitrogens with one attached hydrogen (secondary N) is 1. The fraction of sp³-hybridized carbons (Fsp3) is 0.714. The van der Waals surface area contributed by atoms with Gasteiger partial charge in [-0.1, -0.05) is 12.2 Å². The first-order chi connectivity index (χ1) is 5.20. The van der Waals surface area contributed by atoms with Gasteiger partial charge in [0.1, 0.15) is 10.8 Å². The van der Waals surface area contributed by atoms with Gasteiger partial charge in [0, 0.05) is 0 Å². The minimum Gasteiger partial charge on any atom is -0.386 e. The molecule has 62 valence electrons. The van der Waals surface area contributed by atoms with E-state index in [1.54, 1.807) is 6.92 Å². The van der Waals surface area contributed by atoms with Gasteiger partial charge in [-0.25, -0.2) is 4.99 Å². The molecule has 1 heterocycles. The number of hydrogen-bond acceptors (Lipinski definition) is 2. The van der Waals surface area contributed by atoms with E-state index in [1.165, 1.54) is 6.42 Å². The molecule has 0 saturated carbocycles. The van der Waals surface area contributed by atoms with E-state index in [9.17, 15) is 0 Å². The largest absolute Gasteiger partial charge is 0.386 e. The van der Waals surface area contributed by atoms with Crippen LogP contribution in [0.25, 0.3) is 0 Å². The zero-order valence-corrected chi connectivity index (χ0v) is 7.45. The smallest absolute Gasteiger partial charge is 0.117 e. The second-order valence-corrected chi connectivity index (χ2v) is 3.30. The summed E-state index contributed by atoms with van der Waals surface area (Å²) in [7, 11) is 0. The van der Waals surface area contributed by atoms with Gasteiger partial charge in [-0.05, 0) is 26.3 Å². The van der Waals surface area contributed by atoms with Crippen LogP contribution in [0.15, 0.2) is 4.99 Å². The first-order valence-electron chi connectivity index (χ1n) is 3.78. The fourth-order valence-corrected chi connectivity index (χ4v) is 1.30. The van der Waals surface area contributed by atoms with Crippen molar-refractivity contribution in [3.63, 3.8) is 0 Å². The predicted octanol–water partition coefficient (Wildman–Crippen LogP) is 0.443. The highest BCUT2D eigenvalue weighted by molar-refractivity contribution is 7.80. The molecule has 3 N–H and O–H groups in total. The maximum atomic E-state index is 5.68. The van der Waals surface area contributed by atoms with Crippen LogP contribution in [0.1, 0.15) is 19.8 Å². The molecule has 0 spiro atoms. The van der Waals surface area contributed by atoms with Crippen molar-refractivity contribution in [3.8, 4) is 0 Å². The predicted molar refractivity (Wildman–Crippen MR) is 50.9 cm³/mol. The zero-order chi connectivity index (χ0) is 8.27. The molecule has 1 aliphatic rings. The Labute approximate surface area is 72.1 Å². The maximum absolute atomic E-state index is 5.68. The minimum absolute atomic E-state index is 0.257. The van der Waals surface area contributed by atoms with Crippen LogP contribution in [0, 0.1) is 0 Å². The van der Waals surface area contributed by atoms with E-state index in [0.717, 1.165) is 13.0 Å². The molecule has 4 heteroatoms. The van der Waals surface area contributed by atoms with Crippen LogP contribution in [0.2, 0.25) is 0 Å². The third-order valence-electron chi connectivity index (χ3n) is 1.70. The van der Waals surface area contributed by atoms with Crippen molar-refractivity contribution in [2.24, 2.45) is 10.7 Å². The van der Waals surface area contributed by atoms with Crippen LogP contribution in [0.5, 0.6) is 0 Å². The quantitative estimate of drug-likeness (QED) is 0.342. The number of thiocarbonyl (C=S) groups is 1. The summed E-state index contributed by atoms with van der Waals surface area (Å²) >= 11 is 4.81. The third kappa shape index (κ3) is 2.55. The van der Waals surface area contributed by atoms with Crippen LogP contribution < -0.4 is 11.1 Å². The van der Waals surface area contributed by atoms with Crippen molar-refractivity contribution < 1.29 is 0 Å². The number of rotatable bonds is 1. The highest BCUT2D eigenvalue weighted by atomic mass is 32.1. The lowest BCUT2D eigenvalue weighted by atomic mass is 10.2. The lowest BCUT2D eigenvalue weighted by Crippen LogP contribution is -2.36. The van der Waals surface area contributed by atoms with Crippen LogP contribution in [0.3, 0.4) is 0 Å². The molecule has 1 rings (SSSR count). The summed E-state index contributed by atoms with van der Waals surface area (Å²) in [6.45, 7) is 2.81. The summed E-state index contributed by atoms with van der Waals surface area (Å²) < 4.78 is 0. The van der Waals surface area contributed by atoms with Gasteiger partial charge in [0.05, 0.1) is 6.04 Å². The summed E-state index contributed by atoms with van der Waals surface area (Å²) in [5, 5.41) is 3.25. The first-order valence-corrected chi connectivity index (χ1v) is 4.19. The molecule has 1 fully saturated rings. The second-order valence-electron chi connectivity index (χ2n) is 2.70. The normalized spacial score (nSPS) is 25.5. The van der Waals surface area contributed by atoms with Crippen molar-refractivity contribution in [2.45, 2.75) is 25.8 Å². The van der Waals surface area contributed by atoms with Gasteiger partial charge in [-0.15, -0.1) is 0 Å². The second kappa shape index (κ2) is 3.78. The lowest BCUT2D eigenvalue weighted by molar-refractivity contribution is 0.757. The zero-order valence-electron chi connectivity index (χ0n) is 6.63. The molecule has 1 atom stereocenters. The molecule has 1 saturated heterocycles. The van der Waals surface area contributed by atoms with Crippen molar-refractivity contribution in [1.29, 1.82) is 0 Å². The van der Waals surface area contributed by atoms with Crippen molar-refractivity contribution in [3.05, 3.63) is 0 Å². The number of nitrogens with two attached hydrogens (primary N) is 1. The molecule has 0 bridgehead atoms. The Hall–Kier alpha value is -0.480. The highest BCUT2D eigenvalue weighted by Crippen LogP contribution is 2.04. The highest BCUT2D eigenvalue weighted by Gasteiger charge is 2.17.